The molecular formula is C6H5ClNO2S. The molecule has 1 radical (unpaired) electrons. The van der Waals surface area contributed by atoms with E-state index in [1.54, 1.807) is 0 Å². The molecule has 0 N–H and O–H groups in total. The summed E-state index contributed by atoms with van der Waals surface area (Å²) in [4.78, 5) is 3.58. The van der Waals surface area contributed by atoms with Crippen LogP contribution in [0.4, 0.5) is 0 Å². The Hall–Kier alpha value is -0.610. The second-order valence-electron chi connectivity index (χ2n) is 2.00. The first-order valence-electron chi connectivity index (χ1n) is 2.74. The average molecular weight is 191 g/mol. The summed E-state index contributed by atoms with van der Waals surface area (Å²) >= 11 is 5.49. The van der Waals surface area contributed by atoms with E-state index in [-0.39, 0.29) is 10.0 Å². The lowest BCUT2D eigenvalue weighted by molar-refractivity contribution is 0.598. The van der Waals surface area contributed by atoms with Crippen molar-refractivity contribution >= 4 is 21.4 Å². The molecule has 0 aliphatic carbocycles. The van der Waals surface area contributed by atoms with Gasteiger partial charge in [0.15, 0.2) is 14.9 Å². The van der Waals surface area contributed by atoms with Gasteiger partial charge in [0.05, 0.1) is 5.02 Å². The van der Waals surface area contributed by atoms with Crippen LogP contribution < -0.4 is 0 Å². The highest BCUT2D eigenvalue weighted by molar-refractivity contribution is 7.90. The molecule has 0 bridgehead atoms. The molecule has 0 unspecified atom stereocenters. The molecule has 0 atom stereocenters. The third-order valence-electron chi connectivity index (χ3n) is 0.990. The molecule has 0 saturated heterocycles. The van der Waals surface area contributed by atoms with Crippen LogP contribution >= 0.6 is 11.6 Å². The molecule has 0 aromatic carbocycles. The van der Waals surface area contributed by atoms with Gasteiger partial charge in [0.1, 0.15) is 0 Å². The molecule has 1 heterocycles. The minimum Gasteiger partial charge on any atom is -0.244 e. The first kappa shape index (κ1) is 8.49. The van der Waals surface area contributed by atoms with E-state index in [0.717, 1.165) is 6.26 Å². The number of nitrogens with zero attached hydrogens (tertiary/aromatic N) is 1. The van der Waals surface area contributed by atoms with E-state index >= 15 is 0 Å². The Morgan fingerprint density at radius 1 is 1.64 bits per heavy atom. The molecule has 1 rings (SSSR count). The Morgan fingerprint density at radius 2 is 2.27 bits per heavy atom. The lowest BCUT2D eigenvalue weighted by Crippen LogP contribution is -1.99. The normalized spacial score (nSPS) is 11.5. The predicted molar refractivity (Wildman–Crippen MR) is 41.2 cm³/mol. The minimum atomic E-state index is -3.28. The van der Waals surface area contributed by atoms with Gasteiger partial charge >= 0.3 is 0 Å². The fraction of sp³-hybridized carbons (Fsp3) is 0.167. The minimum absolute atomic E-state index is 0.120. The van der Waals surface area contributed by atoms with E-state index in [0.29, 0.717) is 0 Å². The number of rotatable bonds is 1. The molecule has 0 spiro atoms. The lowest BCUT2D eigenvalue weighted by atomic mass is 10.5. The fourth-order valence-electron chi connectivity index (χ4n) is 0.535. The van der Waals surface area contributed by atoms with Crippen molar-refractivity contribution in [1.82, 2.24) is 4.98 Å². The van der Waals surface area contributed by atoms with Gasteiger partial charge in [-0.3, -0.25) is 0 Å². The molecule has 0 aliphatic rings. The Balaban J connectivity index is 3.28. The summed E-state index contributed by atoms with van der Waals surface area (Å²) in [6.45, 7) is 0. The topological polar surface area (TPSA) is 47.0 Å². The summed E-state index contributed by atoms with van der Waals surface area (Å²) < 4.78 is 21.7. The van der Waals surface area contributed by atoms with Gasteiger partial charge in [0.2, 0.25) is 0 Å². The summed E-state index contributed by atoms with van der Waals surface area (Å²) in [5, 5.41) is 0.130. The van der Waals surface area contributed by atoms with Gasteiger partial charge in [-0.15, -0.1) is 0 Å². The van der Waals surface area contributed by atoms with Gasteiger partial charge in [0, 0.05) is 18.5 Å². The molecule has 0 saturated carbocycles. The molecule has 5 heteroatoms. The first-order valence-corrected chi connectivity index (χ1v) is 5.01. The zero-order chi connectivity index (χ0) is 8.48. The highest BCUT2D eigenvalue weighted by Crippen LogP contribution is 2.10. The second-order valence-corrected chi connectivity index (χ2v) is 4.33. The average Bonchev–Trinajstić information content (AvgIpc) is 1.86. The van der Waals surface area contributed by atoms with Crippen LogP contribution in [0.15, 0.2) is 17.3 Å². The first-order chi connectivity index (χ1) is 5.00. The summed E-state index contributed by atoms with van der Waals surface area (Å²) in [6.07, 6.45) is 2.39. The third kappa shape index (κ3) is 2.17. The SMILES string of the molecule is CS(=O)(=O)c1[c]c(Cl)ccn1. The van der Waals surface area contributed by atoms with Crippen molar-refractivity contribution < 1.29 is 8.42 Å². The summed E-state index contributed by atoms with van der Waals surface area (Å²) in [6, 6.07) is 3.88. The van der Waals surface area contributed by atoms with E-state index in [1.165, 1.54) is 12.3 Å². The molecule has 59 valence electrons. The molecule has 0 amide bonds. The molecule has 1 aromatic rings. The van der Waals surface area contributed by atoms with Gasteiger partial charge in [-0.25, -0.2) is 13.4 Å². The molecule has 0 fully saturated rings. The zero-order valence-electron chi connectivity index (χ0n) is 5.70. The van der Waals surface area contributed by atoms with E-state index in [1.807, 2.05) is 0 Å². The molecule has 3 nitrogen and oxygen atoms in total. The predicted octanol–water partition coefficient (Wildman–Crippen LogP) is 0.939. The van der Waals surface area contributed by atoms with Crippen LogP contribution in [0.1, 0.15) is 0 Å². The van der Waals surface area contributed by atoms with Gasteiger partial charge in [0.25, 0.3) is 0 Å². The van der Waals surface area contributed by atoms with Gasteiger partial charge < -0.3 is 0 Å². The van der Waals surface area contributed by atoms with Crippen molar-refractivity contribution in [2.24, 2.45) is 0 Å². The van der Waals surface area contributed by atoms with Crippen LogP contribution in [-0.2, 0) is 9.84 Å². The fourth-order valence-corrected chi connectivity index (χ4v) is 1.28. The second kappa shape index (κ2) is 2.79. The van der Waals surface area contributed by atoms with E-state index in [2.05, 4.69) is 11.1 Å². The van der Waals surface area contributed by atoms with E-state index in [9.17, 15) is 8.42 Å². The van der Waals surface area contributed by atoms with Gasteiger partial charge in [-0.2, -0.15) is 0 Å². The van der Waals surface area contributed by atoms with Crippen LogP contribution in [0.5, 0.6) is 0 Å². The number of hydrogen-bond acceptors (Lipinski definition) is 3. The number of sulfone groups is 1. The van der Waals surface area contributed by atoms with Crippen molar-refractivity contribution in [2.45, 2.75) is 5.03 Å². The molecule has 1 aromatic heterocycles. The van der Waals surface area contributed by atoms with Crippen molar-refractivity contribution in [3.63, 3.8) is 0 Å². The smallest absolute Gasteiger partial charge is 0.193 e. The summed E-state index contributed by atoms with van der Waals surface area (Å²) in [5.74, 6) is 0. The highest BCUT2D eigenvalue weighted by Gasteiger charge is 2.08. The van der Waals surface area contributed by atoms with Crippen LogP contribution in [0, 0.1) is 6.07 Å². The van der Waals surface area contributed by atoms with Crippen LogP contribution in [0.2, 0.25) is 5.02 Å². The van der Waals surface area contributed by atoms with E-state index in [4.69, 9.17) is 11.6 Å². The maximum absolute atomic E-state index is 10.8. The summed E-state index contributed by atoms with van der Waals surface area (Å²) in [5.41, 5.74) is 0. The van der Waals surface area contributed by atoms with Crippen LogP contribution in [0.3, 0.4) is 0 Å². The van der Waals surface area contributed by atoms with Crippen molar-refractivity contribution in [3.8, 4) is 0 Å². The lowest BCUT2D eigenvalue weighted by Gasteiger charge is -1.94. The van der Waals surface area contributed by atoms with Crippen LogP contribution in [-0.4, -0.2) is 19.7 Å². The maximum Gasteiger partial charge on any atom is 0.193 e. The Morgan fingerprint density at radius 3 is 2.64 bits per heavy atom. The molecule has 11 heavy (non-hydrogen) atoms. The summed E-state index contributed by atoms with van der Waals surface area (Å²) in [7, 11) is -3.28. The Bertz CT molecular complexity index is 361. The third-order valence-corrected chi connectivity index (χ3v) is 2.12. The van der Waals surface area contributed by atoms with Gasteiger partial charge in [-0.1, -0.05) is 11.6 Å². The molecule has 0 aliphatic heterocycles. The largest absolute Gasteiger partial charge is 0.244 e. The van der Waals surface area contributed by atoms with Crippen molar-refractivity contribution in [2.75, 3.05) is 6.26 Å². The Kier molecular flexibility index (Phi) is 2.15. The molecular weight excluding hydrogens is 186 g/mol. The maximum atomic E-state index is 10.8. The van der Waals surface area contributed by atoms with Crippen molar-refractivity contribution in [1.29, 1.82) is 0 Å². The number of aromatic nitrogens is 1. The highest BCUT2D eigenvalue weighted by atomic mass is 35.5. The Labute approximate surface area is 69.9 Å². The number of hydrogen-bond donors (Lipinski definition) is 0. The number of halogens is 1. The quantitative estimate of drug-likeness (QED) is 0.662. The number of pyridine rings is 1. The van der Waals surface area contributed by atoms with E-state index < -0.39 is 9.84 Å². The van der Waals surface area contributed by atoms with Gasteiger partial charge in [-0.05, 0) is 6.07 Å². The van der Waals surface area contributed by atoms with Crippen LogP contribution in [0.25, 0.3) is 0 Å². The monoisotopic (exact) mass is 190 g/mol. The van der Waals surface area contributed by atoms with Crippen molar-refractivity contribution in [3.05, 3.63) is 23.4 Å². The zero-order valence-corrected chi connectivity index (χ0v) is 7.28. The standard InChI is InChI=1S/C6H5ClNO2S/c1-11(9,10)6-4-5(7)2-3-8-6/h2-3H,1H3.